The Labute approximate surface area is 199 Å². The number of rotatable bonds is 5. The van der Waals surface area contributed by atoms with Crippen LogP contribution >= 0.6 is 0 Å². The van der Waals surface area contributed by atoms with Gasteiger partial charge in [-0.25, -0.2) is 0 Å². The van der Waals surface area contributed by atoms with E-state index in [2.05, 4.69) is 84.8 Å². The van der Waals surface area contributed by atoms with Crippen molar-refractivity contribution in [2.45, 2.75) is 48.5 Å². The summed E-state index contributed by atoms with van der Waals surface area (Å²) < 4.78 is 0. The second kappa shape index (κ2) is 23.5. The first-order valence-electron chi connectivity index (χ1n) is 11.6. The van der Waals surface area contributed by atoms with E-state index in [1.165, 1.54) is 18.1 Å². The standard InChI is InChI=1S/C16H26N2.C4H10N2.C4H8O.C2H4O/c1-15(2)7-5-9-17-11-13-18(14-12-17)10-6-8-16(3)4;1-2-6-4-3-5-1;1-4(2)3-5;1-2-3/h5-10H,11-14H2,1-4H3;5-6H,1-4H2;3-4H,1-2H3;2H,1H3/p+1/b9-5+,10-6+;;;. The van der Waals surface area contributed by atoms with Gasteiger partial charge in [0.2, 0.25) is 0 Å². The Balaban J connectivity index is -0.000000490. The van der Waals surface area contributed by atoms with Gasteiger partial charge >= 0.3 is 1.43 Å². The van der Waals surface area contributed by atoms with Crippen molar-refractivity contribution in [1.29, 1.82) is 0 Å². The molecule has 32 heavy (non-hydrogen) atoms. The van der Waals surface area contributed by atoms with Gasteiger partial charge in [0.05, 0.1) is 0 Å². The smallest absolute Gasteiger partial charge is 0.374 e. The van der Waals surface area contributed by atoms with E-state index in [1.54, 1.807) is 0 Å². The predicted octanol–water partition coefficient (Wildman–Crippen LogP) is 3.90. The topological polar surface area (TPSA) is 64.7 Å². The first-order chi connectivity index (χ1) is 15.3. The fourth-order valence-corrected chi connectivity index (χ4v) is 2.35. The van der Waals surface area contributed by atoms with Crippen LogP contribution in [0.4, 0.5) is 0 Å². The fraction of sp³-hybridized carbons (Fsp3) is 0.615. The number of nitrogens with one attached hydrogen (secondary N) is 2. The molecule has 0 aromatic carbocycles. The molecule has 0 saturated carbocycles. The number of allylic oxidation sites excluding steroid dienone is 6. The molecular weight excluding hydrogens is 400 g/mol. The molecule has 0 spiro atoms. The second-order valence-corrected chi connectivity index (χ2v) is 8.36. The van der Waals surface area contributed by atoms with Crippen LogP contribution in [-0.4, -0.2) is 74.7 Å². The Kier molecular flexibility index (Phi) is 23.5. The van der Waals surface area contributed by atoms with Gasteiger partial charge in [-0.2, -0.15) is 0 Å². The maximum absolute atomic E-state index is 9.50. The van der Waals surface area contributed by atoms with Crippen LogP contribution in [0.15, 0.2) is 47.9 Å². The maximum Gasteiger partial charge on any atom is 1.00 e. The summed E-state index contributed by atoms with van der Waals surface area (Å²) in [5, 5.41) is 6.44. The highest BCUT2D eigenvalue weighted by atomic mass is 16.1. The molecule has 2 fully saturated rings. The van der Waals surface area contributed by atoms with Crippen LogP contribution in [0.2, 0.25) is 0 Å². The largest absolute Gasteiger partial charge is 1.00 e. The van der Waals surface area contributed by atoms with Gasteiger partial charge in [-0.3, -0.25) is 0 Å². The van der Waals surface area contributed by atoms with Crippen molar-refractivity contribution in [3.05, 3.63) is 47.9 Å². The molecule has 2 heterocycles. The lowest BCUT2D eigenvalue weighted by atomic mass is 10.3. The third-order valence-electron chi connectivity index (χ3n) is 4.03. The second-order valence-electron chi connectivity index (χ2n) is 8.36. The molecule has 0 amide bonds. The molecule has 2 rings (SSSR count). The zero-order chi connectivity index (χ0) is 24.6. The Morgan fingerprint density at radius 1 is 0.750 bits per heavy atom. The molecule has 6 heteroatoms. The minimum Gasteiger partial charge on any atom is -0.374 e. The molecule has 184 valence electrons. The molecule has 0 bridgehead atoms. The molecule has 2 saturated heterocycles. The SMILES string of the molecule is C1CNCCN1.CC(C)=C/C=C/N1CCN(/C=C/C=C(C)C)CC1.CC(C)C=O.CC=O.[H+]. The van der Waals surface area contributed by atoms with Crippen molar-refractivity contribution < 1.29 is 11.0 Å². The number of nitrogens with zero attached hydrogens (tertiary/aromatic N) is 2. The molecule has 0 aromatic heterocycles. The van der Waals surface area contributed by atoms with Gasteiger partial charge in [-0.05, 0) is 59.2 Å². The van der Waals surface area contributed by atoms with Crippen molar-refractivity contribution >= 4 is 12.6 Å². The lowest BCUT2D eigenvalue weighted by Crippen LogP contribution is -2.41. The third-order valence-corrected chi connectivity index (χ3v) is 4.03. The van der Waals surface area contributed by atoms with Gasteiger partial charge in [-0.1, -0.05) is 37.1 Å². The highest BCUT2D eigenvalue weighted by Gasteiger charge is 2.10. The zero-order valence-corrected chi connectivity index (χ0v) is 21.6. The number of carbonyl (C=O) groups is 2. The van der Waals surface area contributed by atoms with Crippen molar-refractivity contribution in [2.24, 2.45) is 5.92 Å². The van der Waals surface area contributed by atoms with Crippen LogP contribution in [0.3, 0.4) is 0 Å². The average molecular weight is 450 g/mol. The highest BCUT2D eigenvalue weighted by molar-refractivity contribution is 5.51. The Morgan fingerprint density at radius 3 is 1.22 bits per heavy atom. The van der Waals surface area contributed by atoms with E-state index >= 15 is 0 Å². The van der Waals surface area contributed by atoms with Gasteiger partial charge in [-0.15, -0.1) is 0 Å². The first kappa shape index (κ1) is 32.0. The van der Waals surface area contributed by atoms with Crippen molar-refractivity contribution in [2.75, 3.05) is 52.4 Å². The molecule has 2 aliphatic heterocycles. The summed E-state index contributed by atoms with van der Waals surface area (Å²) in [7, 11) is 0. The van der Waals surface area contributed by atoms with Crippen LogP contribution in [0.25, 0.3) is 0 Å². The Hall–Kier alpha value is -2.18. The minimum absolute atomic E-state index is 0. The van der Waals surface area contributed by atoms with Gasteiger partial charge < -0.3 is 30.0 Å². The number of aldehydes is 2. The molecule has 0 atom stereocenters. The summed E-state index contributed by atoms with van der Waals surface area (Å²) >= 11 is 0. The van der Waals surface area contributed by atoms with Gasteiger partial charge in [0.15, 0.2) is 0 Å². The minimum atomic E-state index is 0. The quantitative estimate of drug-likeness (QED) is 0.490. The van der Waals surface area contributed by atoms with Crippen LogP contribution < -0.4 is 10.6 Å². The van der Waals surface area contributed by atoms with Gasteiger partial charge in [0.1, 0.15) is 12.6 Å². The number of hydrogen-bond acceptors (Lipinski definition) is 6. The van der Waals surface area contributed by atoms with E-state index in [-0.39, 0.29) is 7.34 Å². The summed E-state index contributed by atoms with van der Waals surface area (Å²) in [4.78, 5) is 23.1. The van der Waals surface area contributed by atoms with Crippen LogP contribution in [0.1, 0.15) is 49.9 Å². The number of carbonyl (C=O) groups excluding carboxylic acids is 2. The molecule has 0 aliphatic carbocycles. The van der Waals surface area contributed by atoms with Crippen LogP contribution in [0, 0.1) is 5.92 Å². The third kappa shape index (κ3) is 25.9. The molecule has 0 aromatic rings. The molecule has 0 unspecified atom stereocenters. The average Bonchev–Trinajstić information content (AvgIpc) is 2.77. The number of hydrogen-bond donors (Lipinski definition) is 2. The normalized spacial score (nSPS) is 15.5. The van der Waals surface area contributed by atoms with E-state index in [9.17, 15) is 4.79 Å². The fourth-order valence-electron chi connectivity index (χ4n) is 2.35. The number of piperazine rings is 2. The van der Waals surface area contributed by atoms with E-state index in [4.69, 9.17) is 4.79 Å². The molecule has 2 aliphatic rings. The Bertz CT molecular complexity index is 519. The highest BCUT2D eigenvalue weighted by Crippen LogP contribution is 2.04. The lowest BCUT2D eigenvalue weighted by Gasteiger charge is -2.33. The van der Waals surface area contributed by atoms with Crippen LogP contribution in [-0.2, 0) is 9.59 Å². The summed E-state index contributed by atoms with van der Waals surface area (Å²) in [5.74, 6) is 0.204. The van der Waals surface area contributed by atoms with E-state index in [1.807, 2.05) is 13.8 Å². The first-order valence-corrected chi connectivity index (χ1v) is 11.6. The van der Waals surface area contributed by atoms with E-state index in [0.29, 0.717) is 0 Å². The summed E-state index contributed by atoms with van der Waals surface area (Å²) in [6.07, 6.45) is 14.7. The summed E-state index contributed by atoms with van der Waals surface area (Å²) in [6.45, 7) is 22.6. The molecule has 6 nitrogen and oxygen atoms in total. The predicted molar refractivity (Wildman–Crippen MR) is 140 cm³/mol. The van der Waals surface area contributed by atoms with Gasteiger partial charge in [0, 0.05) is 58.3 Å². The van der Waals surface area contributed by atoms with E-state index in [0.717, 1.165) is 64.9 Å². The van der Waals surface area contributed by atoms with Crippen molar-refractivity contribution in [3.8, 4) is 0 Å². The summed E-state index contributed by atoms with van der Waals surface area (Å²) in [5.41, 5.74) is 2.68. The maximum atomic E-state index is 9.50. The van der Waals surface area contributed by atoms with E-state index < -0.39 is 0 Å². The van der Waals surface area contributed by atoms with Crippen LogP contribution in [0.5, 0.6) is 0 Å². The zero-order valence-electron chi connectivity index (χ0n) is 22.6. The molecule has 2 N–H and O–H groups in total. The van der Waals surface area contributed by atoms with Crippen molar-refractivity contribution in [1.82, 2.24) is 20.4 Å². The van der Waals surface area contributed by atoms with Crippen molar-refractivity contribution in [3.63, 3.8) is 0 Å². The lowest BCUT2D eigenvalue weighted by molar-refractivity contribution is -0.110. The molecular formula is C26H49N4O2+. The molecule has 0 radical (unpaired) electrons. The monoisotopic (exact) mass is 449 g/mol. The van der Waals surface area contributed by atoms with Gasteiger partial charge in [0.25, 0.3) is 0 Å². The summed E-state index contributed by atoms with van der Waals surface area (Å²) in [6, 6.07) is 0. The Morgan fingerprint density at radius 2 is 1.03 bits per heavy atom.